The highest BCUT2D eigenvalue weighted by Crippen LogP contribution is 2.42. The van der Waals surface area contributed by atoms with E-state index in [9.17, 15) is 27.9 Å². The van der Waals surface area contributed by atoms with Gasteiger partial charge in [0.1, 0.15) is 11.6 Å². The third-order valence-electron chi connectivity index (χ3n) is 6.95. The fraction of sp³-hybridized carbons (Fsp3) is 0.286. The van der Waals surface area contributed by atoms with Crippen LogP contribution in [0.3, 0.4) is 0 Å². The van der Waals surface area contributed by atoms with E-state index in [4.69, 9.17) is 4.74 Å². The first-order chi connectivity index (χ1) is 17.6. The fourth-order valence-corrected chi connectivity index (χ4v) is 4.72. The molecule has 3 aromatic carbocycles. The van der Waals surface area contributed by atoms with Gasteiger partial charge in [0.2, 0.25) is 0 Å². The monoisotopic (exact) mass is 510 g/mol. The number of alkyl halides is 2. The summed E-state index contributed by atoms with van der Waals surface area (Å²) in [5, 5.41) is 9.40. The number of carboxylic acid groups (broad SMARTS) is 1. The van der Waals surface area contributed by atoms with Crippen LogP contribution in [0.5, 0.6) is 5.75 Å². The van der Waals surface area contributed by atoms with Crippen LogP contribution in [0.2, 0.25) is 0 Å². The summed E-state index contributed by atoms with van der Waals surface area (Å²) in [7, 11) is 1.44. The number of piperidine rings is 1. The van der Waals surface area contributed by atoms with E-state index in [2.05, 4.69) is 0 Å². The molecule has 2 heterocycles. The van der Waals surface area contributed by atoms with Crippen molar-refractivity contribution in [1.82, 2.24) is 9.80 Å². The van der Waals surface area contributed by atoms with Gasteiger partial charge in [-0.3, -0.25) is 9.69 Å². The third-order valence-corrected chi connectivity index (χ3v) is 6.95. The van der Waals surface area contributed by atoms with Gasteiger partial charge in [0, 0.05) is 56.1 Å². The Morgan fingerprint density at radius 2 is 1.59 bits per heavy atom. The largest absolute Gasteiger partial charge is 0.469 e. The van der Waals surface area contributed by atoms with Crippen LogP contribution in [0.25, 0.3) is 22.3 Å². The van der Waals surface area contributed by atoms with Gasteiger partial charge >= 0.3 is 6.09 Å². The molecule has 9 heteroatoms. The van der Waals surface area contributed by atoms with E-state index in [1.54, 1.807) is 36.4 Å². The number of amides is 2. The van der Waals surface area contributed by atoms with Crippen molar-refractivity contribution in [2.45, 2.75) is 31.4 Å². The normalized spacial score (nSPS) is 18.2. The van der Waals surface area contributed by atoms with Crippen LogP contribution in [0.4, 0.5) is 18.0 Å². The molecule has 192 valence electrons. The Morgan fingerprint density at radius 1 is 0.973 bits per heavy atom. The number of nitrogens with zero attached hydrogens (tertiary/aromatic N) is 2. The van der Waals surface area contributed by atoms with Crippen molar-refractivity contribution in [3.05, 3.63) is 77.6 Å². The second-order valence-electron chi connectivity index (χ2n) is 9.41. The summed E-state index contributed by atoms with van der Waals surface area (Å²) in [4.78, 5) is 26.9. The number of likely N-dealkylation sites (tertiary alicyclic amines) is 1. The lowest BCUT2D eigenvalue weighted by Crippen LogP contribution is -2.42. The molecule has 5 rings (SSSR count). The van der Waals surface area contributed by atoms with Crippen LogP contribution < -0.4 is 4.74 Å². The van der Waals surface area contributed by atoms with Gasteiger partial charge in [0.15, 0.2) is 6.23 Å². The van der Waals surface area contributed by atoms with Crippen molar-refractivity contribution in [3.8, 4) is 28.0 Å². The van der Waals surface area contributed by atoms with E-state index in [0.29, 0.717) is 28.9 Å². The first kappa shape index (κ1) is 24.7. The number of halogens is 3. The SMILES string of the molecule is CN(C(=O)O)C1Cc2cc(-c3ccc(C(=O)N4CCC(F)(F)CC4)cc3)cc(-c3ccc(F)cc3)c2O1. The lowest BCUT2D eigenvalue weighted by molar-refractivity contribution is -0.0494. The Balaban J connectivity index is 1.46. The maximum atomic E-state index is 13.6. The number of benzene rings is 3. The molecule has 0 radical (unpaired) electrons. The molecule has 1 N–H and O–H groups in total. The summed E-state index contributed by atoms with van der Waals surface area (Å²) in [6, 6.07) is 16.7. The smallest absolute Gasteiger partial charge is 0.409 e. The van der Waals surface area contributed by atoms with Crippen LogP contribution in [-0.2, 0) is 6.42 Å². The van der Waals surface area contributed by atoms with E-state index in [0.717, 1.165) is 21.6 Å². The maximum absolute atomic E-state index is 13.6. The summed E-state index contributed by atoms with van der Waals surface area (Å²) >= 11 is 0. The number of hydrogen-bond donors (Lipinski definition) is 1. The average molecular weight is 511 g/mol. The van der Waals surface area contributed by atoms with Gasteiger partial charge in [-0.1, -0.05) is 24.3 Å². The molecule has 2 aliphatic rings. The average Bonchev–Trinajstić information content (AvgIpc) is 3.32. The third kappa shape index (κ3) is 4.98. The molecule has 0 aromatic heterocycles. The van der Waals surface area contributed by atoms with Crippen molar-refractivity contribution in [2.24, 2.45) is 0 Å². The lowest BCUT2D eigenvalue weighted by Gasteiger charge is -2.31. The number of likely N-dealkylation sites (N-methyl/N-ethyl adjacent to an activating group) is 1. The lowest BCUT2D eigenvalue weighted by atomic mass is 9.94. The summed E-state index contributed by atoms with van der Waals surface area (Å²) < 4.78 is 46.5. The highest BCUT2D eigenvalue weighted by molar-refractivity contribution is 5.95. The minimum atomic E-state index is -2.72. The zero-order chi connectivity index (χ0) is 26.3. The Hall–Kier alpha value is -4.01. The van der Waals surface area contributed by atoms with Gasteiger partial charge in [0.05, 0.1) is 0 Å². The van der Waals surface area contributed by atoms with E-state index < -0.39 is 18.2 Å². The molecule has 37 heavy (non-hydrogen) atoms. The standard InChI is InChI=1S/C28H25F3N2O4/c1-32(27(35)36)24-16-21-14-20(15-23(25(21)37-24)18-6-8-22(29)9-7-18)17-2-4-19(5-3-17)26(34)33-12-10-28(30,31)11-13-33/h2-9,14-15,24H,10-13,16H2,1H3,(H,35,36). The number of hydrogen-bond acceptors (Lipinski definition) is 3. The molecule has 0 aliphatic carbocycles. The van der Waals surface area contributed by atoms with Crippen LogP contribution in [0, 0.1) is 5.82 Å². The zero-order valence-electron chi connectivity index (χ0n) is 20.1. The van der Waals surface area contributed by atoms with Crippen molar-refractivity contribution >= 4 is 12.0 Å². The quantitative estimate of drug-likeness (QED) is 0.474. The second kappa shape index (κ2) is 9.46. The Morgan fingerprint density at radius 3 is 2.22 bits per heavy atom. The molecule has 0 saturated carbocycles. The predicted octanol–water partition coefficient (Wildman–Crippen LogP) is 5.90. The van der Waals surface area contributed by atoms with E-state index in [-0.39, 0.29) is 37.7 Å². The van der Waals surface area contributed by atoms with E-state index >= 15 is 0 Å². The van der Waals surface area contributed by atoms with E-state index in [1.807, 2.05) is 12.1 Å². The molecular formula is C28H25F3N2O4. The Labute approximate surface area is 211 Å². The first-order valence-electron chi connectivity index (χ1n) is 11.9. The highest BCUT2D eigenvalue weighted by Gasteiger charge is 2.36. The van der Waals surface area contributed by atoms with Crippen LogP contribution in [-0.4, -0.2) is 59.2 Å². The summed E-state index contributed by atoms with van der Waals surface area (Å²) in [5.74, 6) is -2.84. The second-order valence-corrected chi connectivity index (χ2v) is 9.41. The minimum absolute atomic E-state index is 0.0192. The topological polar surface area (TPSA) is 70.1 Å². The van der Waals surface area contributed by atoms with Crippen molar-refractivity contribution in [1.29, 1.82) is 0 Å². The van der Waals surface area contributed by atoms with Crippen molar-refractivity contribution in [2.75, 3.05) is 20.1 Å². The molecule has 6 nitrogen and oxygen atoms in total. The van der Waals surface area contributed by atoms with Crippen LogP contribution in [0.15, 0.2) is 60.7 Å². The number of rotatable bonds is 4. The molecule has 0 spiro atoms. The summed E-state index contributed by atoms with van der Waals surface area (Å²) in [5.41, 5.74) is 4.26. The number of fused-ring (bicyclic) bond motifs is 1. The van der Waals surface area contributed by atoms with Gasteiger partial charge < -0.3 is 14.7 Å². The van der Waals surface area contributed by atoms with Gasteiger partial charge in [0.25, 0.3) is 11.8 Å². The van der Waals surface area contributed by atoms with Gasteiger partial charge in [-0.2, -0.15) is 0 Å². The van der Waals surface area contributed by atoms with Gasteiger partial charge in [-0.05, 0) is 53.1 Å². The number of carbonyl (C=O) groups is 2. The molecule has 1 unspecified atom stereocenters. The molecular weight excluding hydrogens is 485 g/mol. The maximum Gasteiger partial charge on any atom is 0.409 e. The van der Waals surface area contributed by atoms with Crippen molar-refractivity contribution < 1.29 is 32.6 Å². The molecule has 1 fully saturated rings. The number of carbonyl (C=O) groups excluding carboxylic acids is 1. The molecule has 0 bridgehead atoms. The summed E-state index contributed by atoms with van der Waals surface area (Å²) in [6.45, 7) is 0.0385. The predicted molar refractivity (Wildman–Crippen MR) is 131 cm³/mol. The van der Waals surface area contributed by atoms with Crippen LogP contribution in [0.1, 0.15) is 28.8 Å². The number of ether oxygens (including phenoxy) is 1. The van der Waals surface area contributed by atoms with Crippen LogP contribution >= 0.6 is 0 Å². The fourth-order valence-electron chi connectivity index (χ4n) is 4.72. The summed E-state index contributed by atoms with van der Waals surface area (Å²) in [6.07, 6.45) is -2.13. The van der Waals surface area contributed by atoms with E-state index in [1.165, 1.54) is 24.1 Å². The first-order valence-corrected chi connectivity index (χ1v) is 11.9. The zero-order valence-corrected chi connectivity index (χ0v) is 20.1. The van der Waals surface area contributed by atoms with Gasteiger partial charge in [-0.25, -0.2) is 18.0 Å². The molecule has 3 aromatic rings. The molecule has 2 aliphatic heterocycles. The Kier molecular flexibility index (Phi) is 6.31. The highest BCUT2D eigenvalue weighted by atomic mass is 19.3. The minimum Gasteiger partial charge on any atom is -0.469 e. The molecule has 2 amide bonds. The van der Waals surface area contributed by atoms with Crippen molar-refractivity contribution in [3.63, 3.8) is 0 Å². The molecule has 1 saturated heterocycles. The van der Waals surface area contributed by atoms with Gasteiger partial charge in [-0.15, -0.1) is 0 Å². The molecule has 1 atom stereocenters. The Bertz CT molecular complexity index is 1330.